The third-order valence-corrected chi connectivity index (χ3v) is 4.89. The van der Waals surface area contributed by atoms with Crippen molar-refractivity contribution < 1.29 is 14.3 Å². The van der Waals surface area contributed by atoms with E-state index < -0.39 is 0 Å². The van der Waals surface area contributed by atoms with Crippen LogP contribution >= 0.6 is 0 Å². The summed E-state index contributed by atoms with van der Waals surface area (Å²) >= 11 is 0. The largest absolute Gasteiger partial charge is 0.486 e. The zero-order valence-electron chi connectivity index (χ0n) is 15.5. The van der Waals surface area contributed by atoms with Crippen LogP contribution in [0.3, 0.4) is 0 Å². The van der Waals surface area contributed by atoms with Crippen LogP contribution in [0.25, 0.3) is 0 Å². The van der Waals surface area contributed by atoms with Crippen molar-refractivity contribution in [1.82, 2.24) is 15.2 Å². The summed E-state index contributed by atoms with van der Waals surface area (Å²) in [6.07, 6.45) is 1.83. The van der Waals surface area contributed by atoms with Gasteiger partial charge in [0.1, 0.15) is 19.0 Å². The molecule has 2 aliphatic rings. The number of benzene rings is 1. The number of nitrogens with zero attached hydrogens (tertiary/aromatic N) is 3. The lowest BCUT2D eigenvalue weighted by molar-refractivity contribution is 0.0949. The first-order valence-electron chi connectivity index (χ1n) is 9.25. The smallest absolute Gasteiger partial charge is 0.251 e. The number of amides is 1. The number of carbonyl (C=O) groups excluding carboxylic acids is 1. The Morgan fingerprint density at radius 3 is 2.59 bits per heavy atom. The lowest BCUT2D eigenvalue weighted by Gasteiger charge is -2.33. The summed E-state index contributed by atoms with van der Waals surface area (Å²) in [6, 6.07) is 9.29. The number of hydrogen-bond acceptors (Lipinski definition) is 6. The van der Waals surface area contributed by atoms with E-state index in [9.17, 15) is 4.79 Å². The molecule has 142 valence electrons. The maximum absolute atomic E-state index is 12.4. The Balaban J connectivity index is 1.34. The highest BCUT2D eigenvalue weighted by molar-refractivity contribution is 5.94. The molecule has 2 aliphatic heterocycles. The third kappa shape index (κ3) is 4.14. The Morgan fingerprint density at radius 2 is 1.85 bits per heavy atom. The number of pyridine rings is 1. The lowest BCUT2D eigenvalue weighted by atomic mass is 10.1. The van der Waals surface area contributed by atoms with Crippen molar-refractivity contribution in [3.05, 3.63) is 47.7 Å². The highest BCUT2D eigenvalue weighted by Crippen LogP contribution is 2.30. The maximum atomic E-state index is 12.4. The number of anilines is 1. The SMILES string of the molecule is CN1CCN(c2ccc(CNC(=O)c3ccc4c(c3)OCCO4)cn2)CC1. The zero-order chi connectivity index (χ0) is 18.6. The van der Waals surface area contributed by atoms with Gasteiger partial charge in [-0.2, -0.15) is 0 Å². The number of likely N-dealkylation sites (N-methyl/N-ethyl adjacent to an activating group) is 1. The van der Waals surface area contributed by atoms with E-state index in [0.717, 1.165) is 37.6 Å². The van der Waals surface area contributed by atoms with Crippen molar-refractivity contribution in [2.75, 3.05) is 51.3 Å². The Kier molecular flexibility index (Phi) is 5.11. The van der Waals surface area contributed by atoms with Crippen molar-refractivity contribution >= 4 is 11.7 Å². The van der Waals surface area contributed by atoms with E-state index in [0.29, 0.717) is 36.8 Å². The van der Waals surface area contributed by atoms with Crippen molar-refractivity contribution in [2.45, 2.75) is 6.54 Å². The van der Waals surface area contributed by atoms with Gasteiger partial charge in [-0.15, -0.1) is 0 Å². The maximum Gasteiger partial charge on any atom is 0.251 e. The van der Waals surface area contributed by atoms with Gasteiger partial charge in [0.25, 0.3) is 5.91 Å². The van der Waals surface area contributed by atoms with Gasteiger partial charge in [-0.25, -0.2) is 4.98 Å². The molecule has 0 unspecified atom stereocenters. The number of fused-ring (bicyclic) bond motifs is 1. The van der Waals surface area contributed by atoms with E-state index >= 15 is 0 Å². The summed E-state index contributed by atoms with van der Waals surface area (Å²) in [7, 11) is 2.14. The summed E-state index contributed by atoms with van der Waals surface area (Å²) in [4.78, 5) is 21.6. The monoisotopic (exact) mass is 368 g/mol. The quantitative estimate of drug-likeness (QED) is 0.883. The number of rotatable bonds is 4. The van der Waals surface area contributed by atoms with Gasteiger partial charge in [0.05, 0.1) is 0 Å². The third-order valence-electron chi connectivity index (χ3n) is 4.89. The van der Waals surface area contributed by atoms with Gasteiger partial charge in [-0.3, -0.25) is 4.79 Å². The van der Waals surface area contributed by atoms with Crippen LogP contribution in [0.1, 0.15) is 15.9 Å². The van der Waals surface area contributed by atoms with E-state index in [1.807, 2.05) is 18.3 Å². The second kappa shape index (κ2) is 7.84. The van der Waals surface area contributed by atoms with E-state index in [2.05, 4.69) is 27.1 Å². The van der Waals surface area contributed by atoms with Gasteiger partial charge in [-0.1, -0.05) is 6.07 Å². The molecular weight excluding hydrogens is 344 g/mol. The summed E-state index contributed by atoms with van der Waals surface area (Å²) in [5, 5.41) is 2.93. The van der Waals surface area contributed by atoms with Crippen molar-refractivity contribution in [1.29, 1.82) is 0 Å². The van der Waals surface area contributed by atoms with Crippen molar-refractivity contribution in [2.24, 2.45) is 0 Å². The molecule has 4 rings (SSSR count). The normalized spacial score (nSPS) is 16.9. The number of carbonyl (C=O) groups is 1. The second-order valence-corrected chi connectivity index (χ2v) is 6.86. The molecule has 0 saturated carbocycles. The Bertz CT molecular complexity index is 801. The van der Waals surface area contributed by atoms with Gasteiger partial charge < -0.3 is 24.6 Å². The minimum atomic E-state index is -0.143. The lowest BCUT2D eigenvalue weighted by Crippen LogP contribution is -2.44. The molecule has 2 aromatic rings. The fraction of sp³-hybridized carbons (Fsp3) is 0.400. The Labute approximate surface area is 158 Å². The first-order valence-corrected chi connectivity index (χ1v) is 9.25. The molecule has 1 amide bonds. The van der Waals surface area contributed by atoms with Gasteiger partial charge in [0.2, 0.25) is 0 Å². The predicted octanol–water partition coefficient (Wildman–Crippen LogP) is 1.53. The fourth-order valence-corrected chi connectivity index (χ4v) is 3.21. The van der Waals surface area contributed by atoms with Gasteiger partial charge in [-0.05, 0) is 36.9 Å². The first-order chi connectivity index (χ1) is 13.2. The van der Waals surface area contributed by atoms with Crippen LogP contribution in [0.5, 0.6) is 11.5 Å². The number of ether oxygens (including phenoxy) is 2. The van der Waals surface area contributed by atoms with E-state index in [1.54, 1.807) is 18.2 Å². The van der Waals surface area contributed by atoms with E-state index in [-0.39, 0.29) is 5.91 Å². The molecule has 0 spiro atoms. The highest BCUT2D eigenvalue weighted by atomic mass is 16.6. The number of nitrogens with one attached hydrogen (secondary N) is 1. The number of piperazine rings is 1. The first kappa shape index (κ1) is 17.6. The summed E-state index contributed by atoms with van der Waals surface area (Å²) in [5.74, 6) is 2.15. The van der Waals surface area contributed by atoms with E-state index in [4.69, 9.17) is 9.47 Å². The molecule has 0 atom stereocenters. The molecular formula is C20H24N4O3. The minimum Gasteiger partial charge on any atom is -0.486 e. The molecule has 0 aliphatic carbocycles. The molecule has 1 N–H and O–H groups in total. The molecule has 1 saturated heterocycles. The molecule has 0 radical (unpaired) electrons. The van der Waals surface area contributed by atoms with Gasteiger partial charge >= 0.3 is 0 Å². The van der Waals surface area contributed by atoms with Gasteiger partial charge in [0.15, 0.2) is 11.5 Å². The average molecular weight is 368 g/mol. The highest BCUT2D eigenvalue weighted by Gasteiger charge is 2.16. The molecule has 27 heavy (non-hydrogen) atoms. The molecule has 7 nitrogen and oxygen atoms in total. The van der Waals surface area contributed by atoms with Crippen LogP contribution in [-0.2, 0) is 6.54 Å². The van der Waals surface area contributed by atoms with Crippen molar-refractivity contribution in [3.63, 3.8) is 0 Å². The molecule has 7 heteroatoms. The molecule has 3 heterocycles. The fourth-order valence-electron chi connectivity index (χ4n) is 3.21. The topological polar surface area (TPSA) is 66.9 Å². The second-order valence-electron chi connectivity index (χ2n) is 6.86. The van der Waals surface area contributed by atoms with Crippen molar-refractivity contribution in [3.8, 4) is 11.5 Å². The van der Waals surface area contributed by atoms with Crippen LogP contribution in [0, 0.1) is 0 Å². The number of aromatic nitrogens is 1. The van der Waals surface area contributed by atoms with E-state index in [1.165, 1.54) is 0 Å². The molecule has 1 aromatic heterocycles. The minimum absolute atomic E-state index is 0.143. The van der Waals surface area contributed by atoms with Gasteiger partial charge in [0, 0.05) is 44.5 Å². The van der Waals surface area contributed by atoms with Crippen LogP contribution in [0.4, 0.5) is 5.82 Å². The molecule has 0 bridgehead atoms. The molecule has 1 fully saturated rings. The van der Waals surface area contributed by atoms with Crippen LogP contribution in [-0.4, -0.2) is 62.2 Å². The zero-order valence-corrected chi connectivity index (χ0v) is 15.5. The van der Waals surface area contributed by atoms with Crippen LogP contribution in [0.15, 0.2) is 36.5 Å². The molecule has 1 aromatic carbocycles. The standard InChI is InChI=1S/C20H24N4O3/c1-23-6-8-24(9-7-23)19-5-2-15(13-21-19)14-22-20(25)16-3-4-17-18(12-16)27-11-10-26-17/h2-5,12-13H,6-11,14H2,1H3,(H,22,25). The van der Waals surface area contributed by atoms with Crippen LogP contribution in [0.2, 0.25) is 0 Å². The summed E-state index contributed by atoms with van der Waals surface area (Å²) in [5.41, 5.74) is 1.53. The Morgan fingerprint density at radius 1 is 1.07 bits per heavy atom. The summed E-state index contributed by atoms with van der Waals surface area (Å²) < 4.78 is 11.0. The Hall–Kier alpha value is -2.80. The predicted molar refractivity (Wildman–Crippen MR) is 103 cm³/mol. The van der Waals surface area contributed by atoms with Crippen LogP contribution < -0.4 is 19.7 Å². The summed E-state index contributed by atoms with van der Waals surface area (Å²) in [6.45, 7) is 5.56. The average Bonchev–Trinajstić information content (AvgIpc) is 2.72. The number of hydrogen-bond donors (Lipinski definition) is 1.